The van der Waals surface area contributed by atoms with E-state index in [1.54, 1.807) is 6.20 Å². The Balaban J connectivity index is 2.44. The van der Waals surface area contributed by atoms with E-state index in [0.29, 0.717) is 11.4 Å². The van der Waals surface area contributed by atoms with Crippen LogP contribution in [0.25, 0.3) is 0 Å². The molecule has 0 aliphatic carbocycles. The molecule has 0 unspecified atom stereocenters. The van der Waals surface area contributed by atoms with Gasteiger partial charge in [0.05, 0.1) is 9.88 Å². The Hall–Kier alpha value is -0.480. The van der Waals surface area contributed by atoms with Gasteiger partial charge in [0.15, 0.2) is 0 Å². The first-order chi connectivity index (χ1) is 5.36. The van der Waals surface area contributed by atoms with Crippen molar-refractivity contribution in [1.82, 2.24) is 4.98 Å². The van der Waals surface area contributed by atoms with Crippen molar-refractivity contribution in [3.8, 4) is 0 Å². The number of hydrogen-bond donors (Lipinski definition) is 1. The standard InChI is InChI=1S/C7H11FN2S/c8-4-6-5-10-7(11-6)2-1-3-9/h5H,1-4,9H2. The lowest BCUT2D eigenvalue weighted by Gasteiger charge is -1.90. The van der Waals surface area contributed by atoms with Gasteiger partial charge in [-0.25, -0.2) is 9.37 Å². The second-order valence-corrected chi connectivity index (χ2v) is 3.45. The predicted molar refractivity (Wildman–Crippen MR) is 44.3 cm³/mol. The molecule has 1 aromatic rings. The van der Waals surface area contributed by atoms with Crippen molar-refractivity contribution in [2.24, 2.45) is 5.73 Å². The van der Waals surface area contributed by atoms with E-state index in [0.717, 1.165) is 17.8 Å². The van der Waals surface area contributed by atoms with Gasteiger partial charge in [0.1, 0.15) is 6.67 Å². The minimum absolute atomic E-state index is 0.402. The zero-order chi connectivity index (χ0) is 8.10. The van der Waals surface area contributed by atoms with E-state index in [-0.39, 0.29) is 0 Å². The Labute approximate surface area is 69.3 Å². The zero-order valence-electron chi connectivity index (χ0n) is 6.22. The fourth-order valence-electron chi connectivity index (χ4n) is 0.779. The summed E-state index contributed by atoms with van der Waals surface area (Å²) < 4.78 is 12.0. The van der Waals surface area contributed by atoms with E-state index in [4.69, 9.17) is 5.73 Å². The molecular formula is C7H11FN2S. The highest BCUT2D eigenvalue weighted by atomic mass is 32.1. The Kier molecular flexibility index (Phi) is 3.45. The molecule has 0 fully saturated rings. The van der Waals surface area contributed by atoms with Crippen LogP contribution >= 0.6 is 11.3 Å². The lowest BCUT2D eigenvalue weighted by molar-refractivity contribution is 0.491. The maximum atomic E-state index is 12.0. The molecule has 4 heteroatoms. The maximum Gasteiger partial charge on any atom is 0.125 e. The van der Waals surface area contributed by atoms with E-state index in [1.165, 1.54) is 11.3 Å². The summed E-state index contributed by atoms with van der Waals surface area (Å²) in [6.45, 7) is 0.269. The van der Waals surface area contributed by atoms with E-state index in [2.05, 4.69) is 4.98 Å². The molecule has 0 aliphatic heterocycles. The molecule has 0 saturated heterocycles. The zero-order valence-corrected chi connectivity index (χ0v) is 7.03. The summed E-state index contributed by atoms with van der Waals surface area (Å²) in [7, 11) is 0. The van der Waals surface area contributed by atoms with Crippen molar-refractivity contribution >= 4 is 11.3 Å². The molecule has 0 bridgehead atoms. The summed E-state index contributed by atoms with van der Waals surface area (Å²) in [5, 5.41) is 0.989. The van der Waals surface area contributed by atoms with Gasteiger partial charge in [-0.3, -0.25) is 0 Å². The molecule has 0 atom stereocenters. The van der Waals surface area contributed by atoms with Crippen molar-refractivity contribution < 1.29 is 4.39 Å². The highest BCUT2D eigenvalue weighted by Crippen LogP contribution is 2.14. The number of rotatable bonds is 4. The van der Waals surface area contributed by atoms with E-state index in [1.807, 2.05) is 0 Å². The van der Waals surface area contributed by atoms with Crippen molar-refractivity contribution in [1.29, 1.82) is 0 Å². The molecule has 0 spiro atoms. The summed E-state index contributed by atoms with van der Waals surface area (Å²) in [5.74, 6) is 0. The van der Waals surface area contributed by atoms with Gasteiger partial charge in [-0.2, -0.15) is 0 Å². The Morgan fingerprint density at radius 3 is 3.00 bits per heavy atom. The number of nitrogens with two attached hydrogens (primary N) is 1. The third kappa shape index (κ3) is 2.55. The van der Waals surface area contributed by atoms with Crippen LogP contribution in [0.15, 0.2) is 6.20 Å². The van der Waals surface area contributed by atoms with Crippen molar-refractivity contribution in [2.75, 3.05) is 6.54 Å². The van der Waals surface area contributed by atoms with Gasteiger partial charge in [0, 0.05) is 12.6 Å². The average molecular weight is 174 g/mol. The van der Waals surface area contributed by atoms with Crippen molar-refractivity contribution in [3.63, 3.8) is 0 Å². The molecular weight excluding hydrogens is 163 g/mol. The average Bonchev–Trinajstić information content (AvgIpc) is 2.48. The summed E-state index contributed by atoms with van der Waals surface area (Å²) in [5.41, 5.74) is 5.32. The maximum absolute atomic E-state index is 12.0. The van der Waals surface area contributed by atoms with Crippen LogP contribution in [0.1, 0.15) is 16.3 Å². The number of aromatic nitrogens is 1. The molecule has 1 heterocycles. The third-order valence-corrected chi connectivity index (χ3v) is 2.35. The molecule has 0 saturated carbocycles. The van der Waals surface area contributed by atoms with Gasteiger partial charge < -0.3 is 5.73 Å². The first kappa shape index (κ1) is 8.62. The Bertz CT molecular complexity index is 212. The molecule has 1 rings (SSSR count). The van der Waals surface area contributed by atoms with Crippen LogP contribution in [0.5, 0.6) is 0 Å². The smallest absolute Gasteiger partial charge is 0.125 e. The fourth-order valence-corrected chi connectivity index (χ4v) is 1.59. The van der Waals surface area contributed by atoms with Crippen molar-refractivity contribution in [2.45, 2.75) is 19.5 Å². The number of nitrogens with zero attached hydrogens (tertiary/aromatic N) is 1. The number of alkyl halides is 1. The van der Waals surface area contributed by atoms with Crippen LogP contribution < -0.4 is 5.73 Å². The Morgan fingerprint density at radius 2 is 2.45 bits per heavy atom. The first-order valence-corrected chi connectivity index (χ1v) is 4.38. The second kappa shape index (κ2) is 4.41. The largest absolute Gasteiger partial charge is 0.330 e. The van der Waals surface area contributed by atoms with Gasteiger partial charge in [-0.1, -0.05) is 0 Å². The lowest BCUT2D eigenvalue weighted by atomic mass is 10.3. The fraction of sp³-hybridized carbons (Fsp3) is 0.571. The molecule has 2 N–H and O–H groups in total. The minimum Gasteiger partial charge on any atom is -0.330 e. The molecule has 62 valence electrons. The molecule has 0 radical (unpaired) electrons. The molecule has 2 nitrogen and oxygen atoms in total. The van der Waals surface area contributed by atoms with Gasteiger partial charge in [-0.15, -0.1) is 11.3 Å². The van der Waals surface area contributed by atoms with E-state index >= 15 is 0 Å². The van der Waals surface area contributed by atoms with Crippen LogP contribution in [0, 0.1) is 0 Å². The number of thiazole rings is 1. The minimum atomic E-state index is -0.402. The van der Waals surface area contributed by atoms with Gasteiger partial charge in [0.2, 0.25) is 0 Å². The third-order valence-electron chi connectivity index (χ3n) is 1.33. The molecule has 0 aliphatic rings. The molecule has 11 heavy (non-hydrogen) atoms. The van der Waals surface area contributed by atoms with Crippen LogP contribution in [0.4, 0.5) is 4.39 Å². The molecule has 0 amide bonds. The number of hydrogen-bond acceptors (Lipinski definition) is 3. The summed E-state index contributed by atoms with van der Waals surface area (Å²) in [6.07, 6.45) is 3.40. The Morgan fingerprint density at radius 1 is 1.64 bits per heavy atom. The highest BCUT2D eigenvalue weighted by molar-refractivity contribution is 7.11. The predicted octanol–water partition coefficient (Wildman–Crippen LogP) is 1.50. The van der Waals surface area contributed by atoms with Crippen LogP contribution in [0.2, 0.25) is 0 Å². The summed E-state index contributed by atoms with van der Waals surface area (Å²) in [4.78, 5) is 4.75. The summed E-state index contributed by atoms with van der Waals surface area (Å²) >= 11 is 1.43. The van der Waals surface area contributed by atoms with Crippen LogP contribution in [-0.2, 0) is 13.1 Å². The highest BCUT2D eigenvalue weighted by Gasteiger charge is 1.99. The second-order valence-electron chi connectivity index (χ2n) is 2.25. The van der Waals surface area contributed by atoms with Crippen LogP contribution in [0.3, 0.4) is 0 Å². The number of halogens is 1. The van der Waals surface area contributed by atoms with E-state index < -0.39 is 6.67 Å². The van der Waals surface area contributed by atoms with Crippen molar-refractivity contribution in [3.05, 3.63) is 16.1 Å². The monoisotopic (exact) mass is 174 g/mol. The molecule has 0 aromatic carbocycles. The lowest BCUT2D eigenvalue weighted by Crippen LogP contribution is -1.99. The normalized spacial score (nSPS) is 10.4. The summed E-state index contributed by atoms with van der Waals surface area (Å²) in [6, 6.07) is 0. The number of aryl methyl sites for hydroxylation is 1. The SMILES string of the molecule is NCCCc1ncc(CF)s1. The molecule has 1 aromatic heterocycles. The van der Waals surface area contributed by atoms with Crippen LogP contribution in [-0.4, -0.2) is 11.5 Å². The van der Waals surface area contributed by atoms with E-state index in [9.17, 15) is 4.39 Å². The topological polar surface area (TPSA) is 38.9 Å². The van der Waals surface area contributed by atoms with Gasteiger partial charge >= 0.3 is 0 Å². The quantitative estimate of drug-likeness (QED) is 0.751. The van der Waals surface area contributed by atoms with Gasteiger partial charge in [-0.05, 0) is 13.0 Å². The first-order valence-electron chi connectivity index (χ1n) is 3.56. The van der Waals surface area contributed by atoms with Gasteiger partial charge in [0.25, 0.3) is 0 Å².